The molecule has 1 fully saturated rings. The molecule has 0 aromatic heterocycles. The Morgan fingerprint density at radius 2 is 1.91 bits per heavy atom. The van der Waals surface area contributed by atoms with E-state index < -0.39 is 0 Å². The average Bonchev–Trinajstić information content (AvgIpc) is 2.62. The van der Waals surface area contributed by atoms with Crippen LogP contribution in [-0.2, 0) is 0 Å². The van der Waals surface area contributed by atoms with E-state index >= 15 is 0 Å². The van der Waals surface area contributed by atoms with Crippen LogP contribution in [0.2, 0.25) is 0 Å². The quantitative estimate of drug-likeness (QED) is 0.611. The van der Waals surface area contributed by atoms with Gasteiger partial charge in [0.05, 0.1) is 0 Å². The van der Waals surface area contributed by atoms with Gasteiger partial charge in [-0.05, 0) is 60.8 Å². The molecule has 2 N–H and O–H groups in total. The van der Waals surface area contributed by atoms with Crippen molar-refractivity contribution in [2.45, 2.75) is 59.8 Å². The molecule has 0 aromatic carbocycles. The molecule has 3 rings (SSSR count). The van der Waals surface area contributed by atoms with Crippen LogP contribution in [0.3, 0.4) is 0 Å². The summed E-state index contributed by atoms with van der Waals surface area (Å²) in [6, 6.07) is 0. The molecule has 0 aromatic rings. The number of hydrogen-bond acceptors (Lipinski definition) is 2. The van der Waals surface area contributed by atoms with Gasteiger partial charge in [-0.15, -0.1) is 0 Å². The second kappa shape index (κ2) is 5.47. The lowest BCUT2D eigenvalue weighted by atomic mass is 9.66. The molecular weight excluding hydrogens is 272 g/mol. The molecule has 0 amide bonds. The summed E-state index contributed by atoms with van der Waals surface area (Å²) >= 11 is 0. The molecule has 3 atom stereocenters. The molecule has 0 spiro atoms. The maximum atomic E-state index is 10.6. The van der Waals surface area contributed by atoms with Crippen molar-refractivity contribution in [1.82, 2.24) is 0 Å². The van der Waals surface area contributed by atoms with E-state index in [0.717, 1.165) is 24.8 Å². The van der Waals surface area contributed by atoms with Gasteiger partial charge in [0.2, 0.25) is 0 Å². The molecule has 2 unspecified atom stereocenters. The van der Waals surface area contributed by atoms with Gasteiger partial charge in [-0.2, -0.15) is 0 Å². The standard InChI is InChI=1S/C20H30O2/c1-12(2)15-10-13-7-8-17-14(6-5-9-20(17,3)4)11-16(13)19(22)18(15)21/h6,10,12-13,16-17,21-22H,5,7-9,11H2,1-4H3/t13?,16?,17-/m1/s1. The van der Waals surface area contributed by atoms with Gasteiger partial charge in [0.1, 0.15) is 5.76 Å². The first kappa shape index (κ1) is 15.7. The van der Waals surface area contributed by atoms with Gasteiger partial charge in [-0.25, -0.2) is 0 Å². The first-order valence-electron chi connectivity index (χ1n) is 8.84. The Morgan fingerprint density at radius 1 is 1.18 bits per heavy atom. The highest BCUT2D eigenvalue weighted by atomic mass is 16.3. The molecule has 0 aliphatic heterocycles. The maximum absolute atomic E-state index is 10.6. The summed E-state index contributed by atoms with van der Waals surface area (Å²) in [6.07, 6.45) is 10.3. The number of allylic oxidation sites excluding steroid dienone is 5. The largest absolute Gasteiger partial charge is 0.508 e. The third-order valence-corrected chi connectivity index (χ3v) is 6.23. The van der Waals surface area contributed by atoms with Gasteiger partial charge in [-0.1, -0.05) is 45.4 Å². The molecule has 1 saturated carbocycles. The fourth-order valence-electron chi connectivity index (χ4n) is 4.81. The highest BCUT2D eigenvalue weighted by Gasteiger charge is 2.42. The number of rotatable bonds is 1. The highest BCUT2D eigenvalue weighted by molar-refractivity contribution is 5.36. The highest BCUT2D eigenvalue weighted by Crippen LogP contribution is 2.51. The Hall–Kier alpha value is -1.18. The lowest BCUT2D eigenvalue weighted by molar-refractivity contribution is 0.201. The lowest BCUT2D eigenvalue weighted by Crippen LogP contribution is -2.28. The third-order valence-electron chi connectivity index (χ3n) is 6.23. The molecule has 3 aliphatic rings. The predicted molar refractivity (Wildman–Crippen MR) is 90.6 cm³/mol. The van der Waals surface area contributed by atoms with Crippen LogP contribution < -0.4 is 0 Å². The van der Waals surface area contributed by atoms with Crippen LogP contribution in [-0.4, -0.2) is 10.2 Å². The first-order chi connectivity index (χ1) is 10.3. The fourth-order valence-corrected chi connectivity index (χ4v) is 4.81. The van der Waals surface area contributed by atoms with Crippen LogP contribution in [0, 0.1) is 29.1 Å². The zero-order valence-electron chi connectivity index (χ0n) is 14.4. The van der Waals surface area contributed by atoms with Crippen LogP contribution in [0.5, 0.6) is 0 Å². The van der Waals surface area contributed by atoms with E-state index in [4.69, 9.17) is 0 Å². The van der Waals surface area contributed by atoms with E-state index in [1.165, 1.54) is 18.4 Å². The summed E-state index contributed by atoms with van der Waals surface area (Å²) in [4.78, 5) is 0. The molecular formula is C20H30O2. The second-order valence-electron chi connectivity index (χ2n) is 8.42. The zero-order chi connectivity index (χ0) is 16.1. The molecule has 122 valence electrons. The monoisotopic (exact) mass is 302 g/mol. The molecule has 22 heavy (non-hydrogen) atoms. The minimum absolute atomic E-state index is 0.0765. The fraction of sp³-hybridized carbons (Fsp3) is 0.700. The summed E-state index contributed by atoms with van der Waals surface area (Å²) in [5.74, 6) is 1.72. The predicted octanol–water partition coefficient (Wildman–Crippen LogP) is 5.69. The van der Waals surface area contributed by atoms with Crippen molar-refractivity contribution in [2.75, 3.05) is 0 Å². The number of hydrogen-bond donors (Lipinski definition) is 2. The average molecular weight is 302 g/mol. The van der Waals surface area contributed by atoms with E-state index in [1.54, 1.807) is 0 Å². The van der Waals surface area contributed by atoms with Gasteiger partial charge < -0.3 is 10.2 Å². The topological polar surface area (TPSA) is 40.5 Å². The Morgan fingerprint density at radius 3 is 2.59 bits per heavy atom. The van der Waals surface area contributed by atoms with Gasteiger partial charge in [0.15, 0.2) is 5.76 Å². The third kappa shape index (κ3) is 2.51. The summed E-state index contributed by atoms with van der Waals surface area (Å²) in [5.41, 5.74) is 2.81. The van der Waals surface area contributed by atoms with Crippen LogP contribution >= 0.6 is 0 Å². The van der Waals surface area contributed by atoms with Crippen LogP contribution in [0.4, 0.5) is 0 Å². The molecule has 3 aliphatic carbocycles. The van der Waals surface area contributed by atoms with Crippen molar-refractivity contribution in [1.29, 1.82) is 0 Å². The summed E-state index contributed by atoms with van der Waals surface area (Å²) in [5, 5.41) is 21.0. The van der Waals surface area contributed by atoms with E-state index in [2.05, 4.69) is 39.8 Å². The number of aliphatic hydroxyl groups is 2. The molecule has 0 bridgehead atoms. The van der Waals surface area contributed by atoms with Crippen molar-refractivity contribution in [2.24, 2.45) is 29.1 Å². The molecule has 2 heteroatoms. The zero-order valence-corrected chi connectivity index (χ0v) is 14.4. The number of aliphatic hydroxyl groups excluding tert-OH is 2. The molecule has 2 nitrogen and oxygen atoms in total. The van der Waals surface area contributed by atoms with E-state index in [0.29, 0.717) is 17.3 Å². The van der Waals surface area contributed by atoms with Gasteiger partial charge in [0, 0.05) is 5.92 Å². The van der Waals surface area contributed by atoms with Crippen molar-refractivity contribution in [3.63, 3.8) is 0 Å². The van der Waals surface area contributed by atoms with Crippen LogP contribution in [0.25, 0.3) is 0 Å². The minimum Gasteiger partial charge on any atom is -0.508 e. The van der Waals surface area contributed by atoms with E-state index in [-0.39, 0.29) is 23.4 Å². The van der Waals surface area contributed by atoms with Crippen molar-refractivity contribution in [3.8, 4) is 0 Å². The lowest BCUT2D eigenvalue weighted by Gasteiger charge is -2.39. The van der Waals surface area contributed by atoms with E-state index in [1.807, 2.05) is 0 Å². The Balaban J connectivity index is 1.95. The van der Waals surface area contributed by atoms with Gasteiger partial charge in [-0.3, -0.25) is 0 Å². The maximum Gasteiger partial charge on any atom is 0.156 e. The Kier molecular flexibility index (Phi) is 3.91. The van der Waals surface area contributed by atoms with E-state index in [9.17, 15) is 10.2 Å². The van der Waals surface area contributed by atoms with Crippen LogP contribution in [0.15, 0.2) is 34.8 Å². The smallest absolute Gasteiger partial charge is 0.156 e. The molecule has 0 saturated heterocycles. The van der Waals surface area contributed by atoms with Crippen molar-refractivity contribution >= 4 is 0 Å². The minimum atomic E-state index is 0.0765. The first-order valence-corrected chi connectivity index (χ1v) is 8.84. The van der Waals surface area contributed by atoms with Crippen molar-refractivity contribution < 1.29 is 10.2 Å². The Labute approximate surface area is 134 Å². The summed E-state index contributed by atoms with van der Waals surface area (Å²) < 4.78 is 0. The normalized spacial score (nSPS) is 34.5. The summed E-state index contributed by atoms with van der Waals surface area (Å²) in [7, 11) is 0. The molecule has 0 radical (unpaired) electrons. The Bertz CT molecular complexity index is 548. The summed E-state index contributed by atoms with van der Waals surface area (Å²) in [6.45, 7) is 8.94. The van der Waals surface area contributed by atoms with Gasteiger partial charge >= 0.3 is 0 Å². The second-order valence-corrected chi connectivity index (χ2v) is 8.42. The van der Waals surface area contributed by atoms with Crippen LogP contribution in [0.1, 0.15) is 59.8 Å². The van der Waals surface area contributed by atoms with Crippen molar-refractivity contribution in [3.05, 3.63) is 34.8 Å². The van der Waals surface area contributed by atoms with Gasteiger partial charge in [0.25, 0.3) is 0 Å². The molecule has 0 heterocycles. The SMILES string of the molecule is CC(C)C1=CC2CC[C@@H]3C(=CCCC3(C)C)CC2C(O)=C1O. The number of fused-ring (bicyclic) bond motifs is 2.